The summed E-state index contributed by atoms with van der Waals surface area (Å²) in [5.74, 6) is 1.08. The molecule has 1 unspecified atom stereocenters. The van der Waals surface area contributed by atoms with Gasteiger partial charge in [-0.1, -0.05) is 24.3 Å². The molecule has 0 spiro atoms. The highest BCUT2D eigenvalue weighted by atomic mass is 16.7. The first kappa shape index (κ1) is 16.2. The Morgan fingerprint density at radius 2 is 1.85 bits per heavy atom. The zero-order valence-electron chi connectivity index (χ0n) is 14.9. The van der Waals surface area contributed by atoms with Crippen LogP contribution >= 0.6 is 0 Å². The molecule has 0 radical (unpaired) electrons. The van der Waals surface area contributed by atoms with E-state index in [1.54, 1.807) is 4.90 Å². The summed E-state index contributed by atoms with van der Waals surface area (Å²) in [6.07, 6.45) is 1.12. The Bertz CT molecular complexity index is 926. The van der Waals surface area contributed by atoms with Crippen molar-refractivity contribution >= 4 is 17.5 Å². The first-order valence-electron chi connectivity index (χ1n) is 9.24. The fourth-order valence-corrected chi connectivity index (χ4v) is 4.12. The summed E-state index contributed by atoms with van der Waals surface area (Å²) in [6.45, 7) is 1.95. The molecule has 2 amide bonds. The molecule has 3 aliphatic heterocycles. The molecule has 1 fully saturated rings. The third-order valence-corrected chi connectivity index (χ3v) is 5.58. The molecule has 6 nitrogen and oxygen atoms in total. The van der Waals surface area contributed by atoms with Crippen LogP contribution in [0.4, 0.5) is 5.69 Å². The van der Waals surface area contributed by atoms with Crippen LogP contribution in [-0.2, 0) is 22.6 Å². The van der Waals surface area contributed by atoms with E-state index >= 15 is 0 Å². The summed E-state index contributed by atoms with van der Waals surface area (Å²) in [7, 11) is 0. The Morgan fingerprint density at radius 3 is 2.74 bits per heavy atom. The van der Waals surface area contributed by atoms with Crippen molar-refractivity contribution in [2.24, 2.45) is 5.92 Å². The molecule has 138 valence electrons. The van der Waals surface area contributed by atoms with Crippen LogP contribution < -0.4 is 14.4 Å². The molecule has 0 bridgehead atoms. The highest BCUT2D eigenvalue weighted by Gasteiger charge is 2.38. The average Bonchev–Trinajstić information content (AvgIpc) is 3.32. The minimum atomic E-state index is -0.298. The van der Waals surface area contributed by atoms with Gasteiger partial charge in [0.25, 0.3) is 0 Å². The molecule has 3 aliphatic rings. The number of rotatable bonds is 2. The molecule has 2 aromatic carbocycles. The van der Waals surface area contributed by atoms with Crippen LogP contribution in [0, 0.1) is 5.92 Å². The van der Waals surface area contributed by atoms with Gasteiger partial charge >= 0.3 is 0 Å². The van der Waals surface area contributed by atoms with Crippen LogP contribution in [-0.4, -0.2) is 36.6 Å². The third-order valence-electron chi connectivity index (χ3n) is 5.58. The quantitative estimate of drug-likeness (QED) is 0.821. The Labute approximate surface area is 157 Å². The molecule has 27 heavy (non-hydrogen) atoms. The summed E-state index contributed by atoms with van der Waals surface area (Å²) in [5.41, 5.74) is 3.27. The lowest BCUT2D eigenvalue weighted by Gasteiger charge is -2.30. The lowest BCUT2D eigenvalue weighted by molar-refractivity contribution is -0.136. The van der Waals surface area contributed by atoms with Gasteiger partial charge in [0.1, 0.15) is 0 Å². The van der Waals surface area contributed by atoms with Gasteiger partial charge in [-0.2, -0.15) is 0 Å². The maximum Gasteiger partial charge on any atom is 0.231 e. The van der Waals surface area contributed by atoms with E-state index in [-0.39, 0.29) is 30.9 Å². The van der Waals surface area contributed by atoms with Gasteiger partial charge in [0.15, 0.2) is 11.5 Å². The number of nitrogens with zero attached hydrogens (tertiary/aromatic N) is 2. The van der Waals surface area contributed by atoms with Crippen LogP contribution in [0.25, 0.3) is 0 Å². The molecule has 0 N–H and O–H groups in total. The van der Waals surface area contributed by atoms with Gasteiger partial charge in [-0.25, -0.2) is 0 Å². The second-order valence-electron chi connectivity index (χ2n) is 7.22. The van der Waals surface area contributed by atoms with Crippen molar-refractivity contribution in [2.75, 3.05) is 24.8 Å². The van der Waals surface area contributed by atoms with E-state index in [9.17, 15) is 9.59 Å². The van der Waals surface area contributed by atoms with Gasteiger partial charge in [-0.3, -0.25) is 9.59 Å². The number of carbonyl (C=O) groups excluding carboxylic acids is 2. The normalized spacial score (nSPS) is 20.7. The highest BCUT2D eigenvalue weighted by Crippen LogP contribution is 2.37. The predicted molar refractivity (Wildman–Crippen MR) is 98.6 cm³/mol. The van der Waals surface area contributed by atoms with Gasteiger partial charge in [0.2, 0.25) is 18.6 Å². The van der Waals surface area contributed by atoms with Crippen LogP contribution in [0.2, 0.25) is 0 Å². The van der Waals surface area contributed by atoms with Gasteiger partial charge in [-0.05, 0) is 29.7 Å². The highest BCUT2D eigenvalue weighted by molar-refractivity contribution is 6.00. The van der Waals surface area contributed by atoms with Crippen molar-refractivity contribution in [3.8, 4) is 11.5 Å². The number of fused-ring (bicyclic) bond motifs is 2. The first-order chi connectivity index (χ1) is 13.2. The molecule has 6 heteroatoms. The molecule has 0 aromatic heterocycles. The smallest absolute Gasteiger partial charge is 0.231 e. The Balaban J connectivity index is 1.31. The number of anilines is 1. The summed E-state index contributed by atoms with van der Waals surface area (Å²) < 4.78 is 10.7. The third kappa shape index (κ3) is 2.81. The molecule has 0 aliphatic carbocycles. The molecule has 1 saturated heterocycles. The lowest BCUT2D eigenvalue weighted by Crippen LogP contribution is -2.40. The molecular weight excluding hydrogens is 344 g/mol. The maximum absolute atomic E-state index is 13.0. The van der Waals surface area contributed by atoms with Crippen molar-refractivity contribution < 1.29 is 19.1 Å². The fraction of sp³-hybridized carbons (Fsp3) is 0.333. The van der Waals surface area contributed by atoms with Crippen LogP contribution in [0.15, 0.2) is 42.5 Å². The largest absolute Gasteiger partial charge is 0.454 e. The summed E-state index contributed by atoms with van der Waals surface area (Å²) in [5, 5.41) is 0. The van der Waals surface area contributed by atoms with Crippen molar-refractivity contribution in [3.05, 3.63) is 53.6 Å². The number of hydrogen-bond donors (Lipinski definition) is 0. The minimum Gasteiger partial charge on any atom is -0.454 e. The zero-order valence-corrected chi connectivity index (χ0v) is 14.9. The lowest BCUT2D eigenvalue weighted by atomic mass is 9.98. The monoisotopic (exact) mass is 364 g/mol. The Kier molecular flexibility index (Phi) is 3.77. The standard InChI is InChI=1S/C21H20N2O4/c24-20-9-16(12-23(20)17-5-6-18-19(10-17)27-13-26-18)21(25)22-8-7-14-3-1-2-4-15(14)11-22/h1-6,10,16H,7-9,11-13H2. The van der Waals surface area contributed by atoms with Crippen LogP contribution in [0.3, 0.4) is 0 Å². The van der Waals surface area contributed by atoms with Crippen molar-refractivity contribution in [1.29, 1.82) is 0 Å². The topological polar surface area (TPSA) is 59.1 Å². The van der Waals surface area contributed by atoms with Gasteiger partial charge in [-0.15, -0.1) is 0 Å². The van der Waals surface area contributed by atoms with Crippen molar-refractivity contribution in [3.63, 3.8) is 0 Å². The SMILES string of the molecule is O=C(C1CC(=O)N(c2ccc3c(c2)OCO3)C1)N1CCc2ccccc2C1. The number of hydrogen-bond acceptors (Lipinski definition) is 4. The predicted octanol–water partition coefficient (Wildman–Crippen LogP) is 2.35. The van der Waals surface area contributed by atoms with E-state index in [0.29, 0.717) is 31.1 Å². The summed E-state index contributed by atoms with van der Waals surface area (Å²) in [4.78, 5) is 29.2. The summed E-state index contributed by atoms with van der Waals surface area (Å²) >= 11 is 0. The van der Waals surface area contributed by atoms with E-state index in [0.717, 1.165) is 12.1 Å². The Hall–Kier alpha value is -3.02. The van der Waals surface area contributed by atoms with E-state index in [1.165, 1.54) is 11.1 Å². The maximum atomic E-state index is 13.0. The zero-order chi connectivity index (χ0) is 18.4. The number of amides is 2. The van der Waals surface area contributed by atoms with Crippen molar-refractivity contribution in [1.82, 2.24) is 4.90 Å². The minimum absolute atomic E-state index is 0.0235. The van der Waals surface area contributed by atoms with Gasteiger partial charge < -0.3 is 19.3 Å². The summed E-state index contributed by atoms with van der Waals surface area (Å²) in [6, 6.07) is 13.7. The van der Waals surface area contributed by atoms with Gasteiger partial charge in [0.05, 0.1) is 5.92 Å². The van der Waals surface area contributed by atoms with Crippen LogP contribution in [0.1, 0.15) is 17.5 Å². The molecule has 1 atom stereocenters. The van der Waals surface area contributed by atoms with E-state index in [1.807, 2.05) is 35.2 Å². The van der Waals surface area contributed by atoms with Crippen molar-refractivity contribution in [2.45, 2.75) is 19.4 Å². The molecule has 2 aromatic rings. The Morgan fingerprint density at radius 1 is 1.04 bits per heavy atom. The van der Waals surface area contributed by atoms with Gasteiger partial charge in [0, 0.05) is 37.8 Å². The molecule has 0 saturated carbocycles. The fourth-order valence-electron chi connectivity index (χ4n) is 4.12. The molecular formula is C21H20N2O4. The molecule has 3 heterocycles. The second kappa shape index (κ2) is 6.30. The first-order valence-corrected chi connectivity index (χ1v) is 9.24. The van der Waals surface area contributed by atoms with E-state index < -0.39 is 0 Å². The number of carbonyl (C=O) groups is 2. The van der Waals surface area contributed by atoms with Crippen LogP contribution in [0.5, 0.6) is 11.5 Å². The number of benzene rings is 2. The average molecular weight is 364 g/mol. The van der Waals surface area contributed by atoms with E-state index in [4.69, 9.17) is 9.47 Å². The van der Waals surface area contributed by atoms with E-state index in [2.05, 4.69) is 12.1 Å². The molecule has 5 rings (SSSR count). The second-order valence-corrected chi connectivity index (χ2v) is 7.22. The number of ether oxygens (including phenoxy) is 2.